The number of nitrogens with zero attached hydrogens (tertiary/aromatic N) is 1. The van der Waals surface area contributed by atoms with E-state index in [0.717, 1.165) is 23.6 Å². The Bertz CT molecular complexity index is 1110. The summed E-state index contributed by atoms with van der Waals surface area (Å²) >= 11 is 0.968. The smallest absolute Gasteiger partial charge is 0.327 e. The largest absolute Gasteiger partial charge is 0.480 e. The van der Waals surface area contributed by atoms with Crippen LogP contribution in [0.15, 0.2) is 42.5 Å². The molecule has 2 aromatic carbocycles. The summed E-state index contributed by atoms with van der Waals surface area (Å²) in [4.78, 5) is 61.1. The second-order valence-electron chi connectivity index (χ2n) is 7.19. The van der Waals surface area contributed by atoms with Crippen LogP contribution in [0, 0.1) is 0 Å². The molecule has 33 heavy (non-hydrogen) atoms. The van der Waals surface area contributed by atoms with E-state index >= 15 is 0 Å². The normalized spacial score (nSPS) is 14.4. The van der Waals surface area contributed by atoms with E-state index < -0.39 is 29.9 Å². The average Bonchev–Trinajstić information content (AvgIpc) is 3.12. The SMILES string of the molecule is CC(=O)Oc1cc2c(cc1OC(C)=O)N(C(=O)CCSC(=O)c1ccccc1)C(C(=O)O)C2. The summed E-state index contributed by atoms with van der Waals surface area (Å²) in [6, 6.07) is 10.1. The highest BCUT2D eigenvalue weighted by atomic mass is 32.2. The molecule has 1 aliphatic heterocycles. The molecule has 0 saturated carbocycles. The van der Waals surface area contributed by atoms with Gasteiger partial charge in [-0.05, 0) is 11.6 Å². The van der Waals surface area contributed by atoms with Gasteiger partial charge in [-0.15, -0.1) is 0 Å². The number of carbonyl (C=O) groups is 5. The number of esters is 2. The van der Waals surface area contributed by atoms with Gasteiger partial charge < -0.3 is 14.6 Å². The maximum atomic E-state index is 13.0. The van der Waals surface area contributed by atoms with Crippen LogP contribution >= 0.6 is 11.8 Å². The van der Waals surface area contributed by atoms with Gasteiger partial charge in [-0.1, -0.05) is 42.1 Å². The lowest BCUT2D eigenvalue weighted by atomic mass is 10.1. The van der Waals surface area contributed by atoms with Gasteiger partial charge in [0.05, 0.1) is 5.69 Å². The zero-order valence-corrected chi connectivity index (χ0v) is 18.7. The van der Waals surface area contributed by atoms with Crippen molar-refractivity contribution in [3.05, 3.63) is 53.6 Å². The van der Waals surface area contributed by atoms with Crippen molar-refractivity contribution in [3.8, 4) is 11.5 Å². The Hall–Kier alpha value is -3.66. The number of rotatable bonds is 7. The topological polar surface area (TPSA) is 127 Å². The molecule has 0 spiro atoms. The molecule has 1 aliphatic rings. The molecular formula is C23H21NO8S. The molecule has 1 amide bonds. The monoisotopic (exact) mass is 471 g/mol. The Morgan fingerprint density at radius 1 is 1.00 bits per heavy atom. The summed E-state index contributed by atoms with van der Waals surface area (Å²) in [7, 11) is 0. The van der Waals surface area contributed by atoms with E-state index in [1.807, 2.05) is 0 Å². The van der Waals surface area contributed by atoms with Crippen LogP contribution in [-0.2, 0) is 25.6 Å². The zero-order chi connectivity index (χ0) is 24.1. The van der Waals surface area contributed by atoms with Crippen molar-refractivity contribution < 1.29 is 38.6 Å². The van der Waals surface area contributed by atoms with Crippen LogP contribution in [0.3, 0.4) is 0 Å². The van der Waals surface area contributed by atoms with E-state index in [1.165, 1.54) is 19.1 Å². The third kappa shape index (κ3) is 5.78. The van der Waals surface area contributed by atoms with Gasteiger partial charge in [0.2, 0.25) is 11.0 Å². The molecule has 10 heteroatoms. The van der Waals surface area contributed by atoms with E-state index in [-0.39, 0.29) is 40.9 Å². The Morgan fingerprint density at radius 2 is 1.61 bits per heavy atom. The third-order valence-electron chi connectivity index (χ3n) is 4.75. The van der Waals surface area contributed by atoms with Gasteiger partial charge in [0, 0.05) is 44.1 Å². The summed E-state index contributed by atoms with van der Waals surface area (Å²) in [5.74, 6) is -3.02. The number of fused-ring (bicyclic) bond motifs is 1. The number of thioether (sulfide) groups is 1. The lowest BCUT2D eigenvalue weighted by Gasteiger charge is -2.23. The van der Waals surface area contributed by atoms with Crippen molar-refractivity contribution in [2.75, 3.05) is 10.7 Å². The van der Waals surface area contributed by atoms with Crippen LogP contribution < -0.4 is 14.4 Å². The van der Waals surface area contributed by atoms with E-state index in [0.29, 0.717) is 11.1 Å². The fraction of sp³-hybridized carbons (Fsp3) is 0.261. The maximum Gasteiger partial charge on any atom is 0.327 e. The number of amides is 1. The number of aliphatic carboxylic acids is 1. The highest BCUT2D eigenvalue weighted by Crippen LogP contribution is 2.41. The Labute approximate surface area is 193 Å². The number of benzene rings is 2. The lowest BCUT2D eigenvalue weighted by molar-refractivity contribution is -0.140. The molecular weight excluding hydrogens is 450 g/mol. The molecule has 0 aromatic heterocycles. The Balaban J connectivity index is 1.82. The minimum Gasteiger partial charge on any atom is -0.480 e. The standard InChI is InChI=1S/C23H21NO8S/c1-13(25)31-19-11-16-10-18(22(28)29)24(17(16)12-20(19)32-14(2)26)21(27)8-9-33-23(30)15-6-4-3-5-7-15/h3-7,11-12,18H,8-10H2,1-2H3,(H,28,29). The fourth-order valence-corrected chi connectivity index (χ4v) is 4.20. The second kappa shape index (κ2) is 10.3. The van der Waals surface area contributed by atoms with Gasteiger partial charge in [-0.2, -0.15) is 0 Å². The van der Waals surface area contributed by atoms with Crippen molar-refractivity contribution in [1.29, 1.82) is 0 Å². The first-order chi connectivity index (χ1) is 15.7. The molecule has 1 N–H and O–H groups in total. The molecule has 0 aliphatic carbocycles. The first-order valence-corrected chi connectivity index (χ1v) is 11.0. The molecule has 0 bridgehead atoms. The summed E-state index contributed by atoms with van der Waals surface area (Å²) in [5, 5.41) is 9.48. The molecule has 1 unspecified atom stereocenters. The number of hydrogen-bond acceptors (Lipinski definition) is 8. The molecule has 2 aromatic rings. The number of ether oxygens (including phenoxy) is 2. The molecule has 0 saturated heterocycles. The number of carboxylic acids is 1. The van der Waals surface area contributed by atoms with Crippen LogP contribution in [0.25, 0.3) is 0 Å². The van der Waals surface area contributed by atoms with Gasteiger partial charge in [0.15, 0.2) is 11.5 Å². The molecule has 3 rings (SSSR count). The molecule has 9 nitrogen and oxygen atoms in total. The first kappa shape index (κ1) is 24.0. The van der Waals surface area contributed by atoms with Crippen LogP contribution in [0.2, 0.25) is 0 Å². The molecule has 0 fully saturated rings. The number of hydrogen-bond donors (Lipinski definition) is 1. The van der Waals surface area contributed by atoms with Crippen LogP contribution in [0.1, 0.15) is 36.2 Å². The van der Waals surface area contributed by atoms with Crippen LogP contribution in [-0.4, -0.2) is 45.8 Å². The van der Waals surface area contributed by atoms with Gasteiger partial charge in [0.25, 0.3) is 0 Å². The first-order valence-electron chi connectivity index (χ1n) is 9.98. The van der Waals surface area contributed by atoms with Gasteiger partial charge in [-0.25, -0.2) is 4.79 Å². The lowest BCUT2D eigenvalue weighted by Crippen LogP contribution is -2.43. The van der Waals surface area contributed by atoms with Gasteiger partial charge >= 0.3 is 17.9 Å². The predicted octanol–water partition coefficient (Wildman–Crippen LogP) is 2.84. The quantitative estimate of drug-likeness (QED) is 0.479. The van der Waals surface area contributed by atoms with Gasteiger partial charge in [0.1, 0.15) is 6.04 Å². The van der Waals surface area contributed by atoms with Crippen molar-refractivity contribution in [2.24, 2.45) is 0 Å². The van der Waals surface area contributed by atoms with E-state index in [4.69, 9.17) is 9.47 Å². The highest BCUT2D eigenvalue weighted by molar-refractivity contribution is 8.14. The second-order valence-corrected chi connectivity index (χ2v) is 8.26. The summed E-state index contributed by atoms with van der Waals surface area (Å²) in [6.07, 6.45) is -0.0951. The van der Waals surface area contributed by atoms with Crippen molar-refractivity contribution in [3.63, 3.8) is 0 Å². The summed E-state index contributed by atoms with van der Waals surface area (Å²) in [6.45, 7) is 2.34. The fourth-order valence-electron chi connectivity index (χ4n) is 3.43. The van der Waals surface area contributed by atoms with Gasteiger partial charge in [-0.3, -0.25) is 24.1 Å². The summed E-state index contributed by atoms with van der Waals surface area (Å²) < 4.78 is 10.2. The minimum atomic E-state index is -1.21. The van der Waals surface area contributed by atoms with Crippen LogP contribution in [0.5, 0.6) is 11.5 Å². The van der Waals surface area contributed by atoms with E-state index in [2.05, 4.69) is 0 Å². The Kier molecular flexibility index (Phi) is 7.49. The summed E-state index contributed by atoms with van der Waals surface area (Å²) in [5.41, 5.74) is 1.21. The predicted molar refractivity (Wildman–Crippen MR) is 120 cm³/mol. The Morgan fingerprint density at radius 3 is 2.18 bits per heavy atom. The maximum absolute atomic E-state index is 13.0. The number of anilines is 1. The highest BCUT2D eigenvalue weighted by Gasteiger charge is 2.39. The number of carboxylic acid groups (broad SMARTS) is 1. The third-order valence-corrected chi connectivity index (χ3v) is 5.66. The van der Waals surface area contributed by atoms with Crippen molar-refractivity contribution >= 4 is 46.4 Å². The molecule has 0 radical (unpaired) electrons. The van der Waals surface area contributed by atoms with Crippen molar-refractivity contribution in [1.82, 2.24) is 0 Å². The van der Waals surface area contributed by atoms with Crippen molar-refractivity contribution in [2.45, 2.75) is 32.7 Å². The van der Waals surface area contributed by atoms with Crippen LogP contribution in [0.4, 0.5) is 5.69 Å². The zero-order valence-electron chi connectivity index (χ0n) is 17.9. The molecule has 172 valence electrons. The molecule has 1 atom stereocenters. The molecule has 1 heterocycles. The van der Waals surface area contributed by atoms with E-state index in [9.17, 15) is 29.1 Å². The van der Waals surface area contributed by atoms with E-state index in [1.54, 1.807) is 30.3 Å². The average molecular weight is 471 g/mol. The number of carbonyl (C=O) groups excluding carboxylic acids is 4. The minimum absolute atomic E-state index is 0.0128.